The van der Waals surface area contributed by atoms with E-state index in [1.54, 1.807) is 6.92 Å². The van der Waals surface area contributed by atoms with E-state index in [2.05, 4.69) is 9.97 Å². The molecule has 0 saturated heterocycles. The second kappa shape index (κ2) is 5.63. The summed E-state index contributed by atoms with van der Waals surface area (Å²) in [6.45, 7) is 1.76. The smallest absolute Gasteiger partial charge is 0.433 e. The van der Waals surface area contributed by atoms with Gasteiger partial charge < -0.3 is 5.11 Å². The molecule has 24 heavy (non-hydrogen) atoms. The number of phenolic OH excluding ortho intramolecular Hbond substituents is 1. The summed E-state index contributed by atoms with van der Waals surface area (Å²) in [4.78, 5) is 20.2. The predicted molar refractivity (Wildman–Crippen MR) is 78.9 cm³/mol. The Morgan fingerprint density at radius 3 is 2.50 bits per heavy atom. The third-order valence-corrected chi connectivity index (χ3v) is 3.56. The summed E-state index contributed by atoms with van der Waals surface area (Å²) in [5.74, 6) is -0.391. The third-order valence-electron chi connectivity index (χ3n) is 3.56. The average Bonchev–Trinajstić information content (AvgIpc) is 2.91. The molecule has 0 amide bonds. The number of alkyl halides is 3. The number of carbonyl (C=O) groups is 1. The number of hydrogen-bond donors (Lipinski definition) is 1. The number of imidazole rings is 1. The van der Waals surface area contributed by atoms with Crippen molar-refractivity contribution in [1.82, 2.24) is 14.4 Å². The van der Waals surface area contributed by atoms with Gasteiger partial charge in [-0.25, -0.2) is 9.97 Å². The van der Waals surface area contributed by atoms with Crippen LogP contribution in [0.5, 0.6) is 5.75 Å². The lowest BCUT2D eigenvalue weighted by Crippen LogP contribution is -2.11. The van der Waals surface area contributed by atoms with Crippen molar-refractivity contribution in [2.45, 2.75) is 19.5 Å². The summed E-state index contributed by atoms with van der Waals surface area (Å²) in [7, 11) is 0. The van der Waals surface area contributed by atoms with Crippen molar-refractivity contribution < 1.29 is 23.1 Å². The number of aromatic hydroxyl groups is 1. The van der Waals surface area contributed by atoms with Crippen LogP contribution in [0.1, 0.15) is 34.4 Å². The van der Waals surface area contributed by atoms with E-state index in [1.807, 2.05) is 0 Å². The van der Waals surface area contributed by atoms with E-state index in [4.69, 9.17) is 0 Å². The van der Waals surface area contributed by atoms with Crippen molar-refractivity contribution in [3.8, 4) is 5.75 Å². The van der Waals surface area contributed by atoms with Gasteiger partial charge in [-0.05, 0) is 30.7 Å². The quantitative estimate of drug-likeness (QED) is 0.746. The van der Waals surface area contributed by atoms with Crippen LogP contribution in [-0.2, 0) is 12.6 Å². The van der Waals surface area contributed by atoms with Crippen LogP contribution in [0.25, 0.3) is 5.65 Å². The van der Waals surface area contributed by atoms with Gasteiger partial charge in [0.2, 0.25) is 5.78 Å². The van der Waals surface area contributed by atoms with Gasteiger partial charge in [-0.15, -0.1) is 0 Å². The van der Waals surface area contributed by atoms with E-state index in [1.165, 1.54) is 28.7 Å². The van der Waals surface area contributed by atoms with Crippen molar-refractivity contribution in [1.29, 1.82) is 0 Å². The first-order valence-electron chi connectivity index (χ1n) is 7.09. The number of fused-ring (bicyclic) bond motifs is 1. The number of ketones is 1. The monoisotopic (exact) mass is 335 g/mol. The summed E-state index contributed by atoms with van der Waals surface area (Å²) in [5.41, 5.74) is -0.208. The van der Waals surface area contributed by atoms with Crippen LogP contribution in [-0.4, -0.2) is 25.3 Å². The highest BCUT2D eigenvalue weighted by Gasteiger charge is 2.33. The van der Waals surface area contributed by atoms with Crippen molar-refractivity contribution in [3.63, 3.8) is 0 Å². The molecule has 2 heterocycles. The SMILES string of the molecule is CCc1nc2cc(C(F)(F)F)ncn2c1C(=O)c1ccc(O)cc1. The van der Waals surface area contributed by atoms with E-state index in [-0.39, 0.29) is 17.1 Å². The van der Waals surface area contributed by atoms with Gasteiger partial charge >= 0.3 is 6.18 Å². The molecule has 0 aliphatic heterocycles. The second-order valence-corrected chi connectivity index (χ2v) is 5.14. The molecule has 3 aromatic rings. The van der Waals surface area contributed by atoms with E-state index in [9.17, 15) is 23.1 Å². The molecular formula is C16H12F3N3O2. The Morgan fingerprint density at radius 1 is 1.25 bits per heavy atom. The molecule has 0 saturated carbocycles. The third kappa shape index (κ3) is 2.70. The van der Waals surface area contributed by atoms with Crippen LogP contribution in [0.4, 0.5) is 13.2 Å². The Morgan fingerprint density at radius 2 is 1.92 bits per heavy atom. The lowest BCUT2D eigenvalue weighted by Gasteiger charge is -2.06. The van der Waals surface area contributed by atoms with Crippen LogP contribution in [0.2, 0.25) is 0 Å². The van der Waals surface area contributed by atoms with Crippen molar-refractivity contribution in [2.24, 2.45) is 0 Å². The van der Waals surface area contributed by atoms with Gasteiger partial charge in [0.1, 0.15) is 29.1 Å². The molecule has 124 valence electrons. The number of aromatic nitrogens is 3. The van der Waals surface area contributed by atoms with Gasteiger partial charge in [-0.3, -0.25) is 9.20 Å². The highest BCUT2D eigenvalue weighted by Crippen LogP contribution is 2.29. The number of hydrogen-bond acceptors (Lipinski definition) is 4. The first kappa shape index (κ1) is 16.0. The first-order chi connectivity index (χ1) is 11.3. The molecular weight excluding hydrogens is 323 g/mol. The standard InChI is InChI=1S/C16H12F3N3O2/c1-2-11-14(15(24)9-3-5-10(23)6-4-9)22-8-20-12(16(17,18)19)7-13(22)21-11/h3-8,23H,2H2,1H3. The fourth-order valence-corrected chi connectivity index (χ4v) is 2.39. The van der Waals surface area contributed by atoms with Crippen molar-refractivity contribution in [3.05, 3.63) is 59.3 Å². The number of aryl methyl sites for hydroxylation is 1. The second-order valence-electron chi connectivity index (χ2n) is 5.14. The maximum atomic E-state index is 12.8. The fraction of sp³-hybridized carbons (Fsp3) is 0.188. The van der Waals surface area contributed by atoms with Crippen molar-refractivity contribution >= 4 is 11.4 Å². The maximum Gasteiger partial charge on any atom is 0.433 e. The maximum absolute atomic E-state index is 12.8. The summed E-state index contributed by atoms with van der Waals surface area (Å²) in [5, 5.41) is 9.30. The van der Waals surface area contributed by atoms with Gasteiger partial charge in [0.05, 0.1) is 5.69 Å². The van der Waals surface area contributed by atoms with Crippen LogP contribution in [0.15, 0.2) is 36.7 Å². The number of rotatable bonds is 3. The fourth-order valence-electron chi connectivity index (χ4n) is 2.39. The number of carbonyl (C=O) groups excluding carboxylic acids is 1. The summed E-state index contributed by atoms with van der Waals surface area (Å²) < 4.78 is 39.6. The molecule has 0 bridgehead atoms. The summed E-state index contributed by atoms with van der Waals surface area (Å²) in [6, 6.07) is 6.42. The topological polar surface area (TPSA) is 67.5 Å². The molecule has 0 spiro atoms. The summed E-state index contributed by atoms with van der Waals surface area (Å²) >= 11 is 0. The number of halogens is 3. The molecule has 0 fully saturated rings. The van der Waals surface area contributed by atoms with Crippen LogP contribution >= 0.6 is 0 Å². The Labute approximate surface area is 134 Å². The molecule has 1 N–H and O–H groups in total. The molecule has 0 radical (unpaired) electrons. The predicted octanol–water partition coefficient (Wildman–Crippen LogP) is 3.25. The van der Waals surface area contributed by atoms with Gasteiger partial charge in [-0.1, -0.05) is 6.92 Å². The molecule has 0 unspecified atom stereocenters. The summed E-state index contributed by atoms with van der Waals surface area (Å²) in [6.07, 6.45) is -3.25. The molecule has 5 nitrogen and oxygen atoms in total. The van der Waals surface area contributed by atoms with Crippen LogP contribution in [0.3, 0.4) is 0 Å². The van der Waals surface area contributed by atoms with Gasteiger partial charge in [-0.2, -0.15) is 13.2 Å². The minimum absolute atomic E-state index is 0.0105. The largest absolute Gasteiger partial charge is 0.508 e. The van der Waals surface area contributed by atoms with Gasteiger partial charge in [0.15, 0.2) is 0 Å². The Kier molecular flexibility index (Phi) is 3.75. The Bertz CT molecular complexity index is 915. The van der Waals surface area contributed by atoms with E-state index in [0.29, 0.717) is 17.7 Å². The minimum Gasteiger partial charge on any atom is -0.508 e. The number of phenols is 1. The molecule has 0 aliphatic carbocycles. The average molecular weight is 335 g/mol. The first-order valence-corrected chi connectivity index (χ1v) is 7.09. The van der Waals surface area contributed by atoms with Crippen LogP contribution < -0.4 is 0 Å². The molecule has 1 aromatic carbocycles. The van der Waals surface area contributed by atoms with E-state index in [0.717, 1.165) is 12.4 Å². The Hall–Kier alpha value is -2.90. The zero-order valence-electron chi connectivity index (χ0n) is 12.5. The number of benzene rings is 1. The Balaban J connectivity index is 2.16. The van der Waals surface area contributed by atoms with E-state index < -0.39 is 17.7 Å². The lowest BCUT2D eigenvalue weighted by atomic mass is 10.1. The molecule has 8 heteroatoms. The van der Waals surface area contributed by atoms with Gasteiger partial charge in [0.25, 0.3) is 0 Å². The lowest BCUT2D eigenvalue weighted by molar-refractivity contribution is -0.141. The molecule has 3 rings (SSSR count). The highest BCUT2D eigenvalue weighted by molar-refractivity contribution is 6.09. The molecule has 0 atom stereocenters. The van der Waals surface area contributed by atoms with Crippen LogP contribution in [0, 0.1) is 0 Å². The van der Waals surface area contributed by atoms with Crippen molar-refractivity contribution in [2.75, 3.05) is 0 Å². The zero-order valence-corrected chi connectivity index (χ0v) is 12.5. The van der Waals surface area contributed by atoms with Gasteiger partial charge in [0, 0.05) is 11.6 Å². The number of nitrogens with zero attached hydrogens (tertiary/aromatic N) is 3. The van der Waals surface area contributed by atoms with E-state index >= 15 is 0 Å². The molecule has 2 aromatic heterocycles. The molecule has 0 aliphatic rings. The zero-order chi connectivity index (χ0) is 17.5. The minimum atomic E-state index is -4.58. The highest BCUT2D eigenvalue weighted by atomic mass is 19.4. The normalized spacial score (nSPS) is 11.8.